The molecule has 8 aromatic carbocycles. The number of hydrogen-bond acceptors (Lipinski definition) is 13. The summed E-state index contributed by atoms with van der Waals surface area (Å²) in [6.45, 7) is 12.8. The predicted molar refractivity (Wildman–Crippen MR) is 291 cm³/mol. The van der Waals surface area contributed by atoms with Crippen molar-refractivity contribution in [3.63, 3.8) is 0 Å². The van der Waals surface area contributed by atoms with Gasteiger partial charge in [0.1, 0.15) is 65.0 Å². The SMILES string of the molecule is COc1ccc(COc2ccc3c(c2)Oc2cc(C)ccc2C32OC(=O)c3cc(B4OC(C)(C)C(C)(C)O4)ccc32)cc1.COc1ccc(COc2ccc3c(c2)Oc2cc(C)ccc2C32OC(=O)c3cc(O)ccc32)cc1. The molecule has 1 N–H and O–H groups in total. The second kappa shape index (κ2) is 18.8. The number of rotatable bonds is 9. The number of carbonyl (C=O) groups is 2. The number of fused-ring (bicyclic) bond motifs is 12. The summed E-state index contributed by atoms with van der Waals surface area (Å²) in [5.74, 6) is 4.32. The van der Waals surface area contributed by atoms with Crippen molar-refractivity contribution >= 4 is 24.5 Å². The van der Waals surface area contributed by atoms with Crippen molar-refractivity contribution in [1.82, 2.24) is 0 Å². The van der Waals surface area contributed by atoms with Crippen molar-refractivity contribution in [3.8, 4) is 51.7 Å². The normalized spacial score (nSPS) is 19.1. The Balaban J connectivity index is 0.000000160. The Kier molecular flexibility index (Phi) is 12.1. The number of aromatic hydroxyl groups is 1. The molecular weight excluding hydrogens is 988 g/mol. The summed E-state index contributed by atoms with van der Waals surface area (Å²) < 4.78 is 60.4. The molecule has 5 aliphatic heterocycles. The topological polar surface area (TPSA) is 147 Å². The first-order valence-electron chi connectivity index (χ1n) is 25.7. The second-order valence-corrected chi connectivity index (χ2v) is 21.1. The molecule has 0 radical (unpaired) electrons. The van der Waals surface area contributed by atoms with E-state index in [0.29, 0.717) is 70.0 Å². The Labute approximate surface area is 452 Å². The van der Waals surface area contributed by atoms with Crippen LogP contribution in [-0.2, 0) is 43.2 Å². The largest absolute Gasteiger partial charge is 0.508 e. The molecule has 0 aliphatic carbocycles. The summed E-state index contributed by atoms with van der Waals surface area (Å²) in [7, 11) is 2.68. The van der Waals surface area contributed by atoms with Gasteiger partial charge in [0.15, 0.2) is 11.2 Å². The lowest BCUT2D eigenvalue weighted by Gasteiger charge is -2.36. The van der Waals surface area contributed by atoms with Crippen molar-refractivity contribution in [2.24, 2.45) is 0 Å². The average Bonchev–Trinajstić information content (AvgIpc) is 4.19. The Hall–Kier alpha value is -8.72. The average molecular weight is 1040 g/mol. The summed E-state index contributed by atoms with van der Waals surface area (Å²) in [6, 6.07) is 48.9. The first-order valence-corrected chi connectivity index (χ1v) is 25.7. The highest BCUT2D eigenvalue weighted by Crippen LogP contribution is 2.59. The molecule has 0 aromatic heterocycles. The molecule has 1 saturated heterocycles. The number of aryl methyl sites for hydroxylation is 2. The monoisotopic (exact) mass is 1040 g/mol. The van der Waals surface area contributed by atoms with Crippen LogP contribution in [0.4, 0.5) is 0 Å². The molecule has 2 atom stereocenters. The Morgan fingerprint density at radius 3 is 1.28 bits per heavy atom. The van der Waals surface area contributed by atoms with E-state index < -0.39 is 41.5 Å². The number of hydrogen-bond donors (Lipinski definition) is 1. The van der Waals surface area contributed by atoms with Crippen LogP contribution in [0.25, 0.3) is 0 Å². The minimum atomic E-state index is -1.18. The number of carbonyl (C=O) groups excluding carboxylic acids is 2. The lowest BCUT2D eigenvalue weighted by Crippen LogP contribution is -2.41. The minimum Gasteiger partial charge on any atom is -0.508 e. The van der Waals surface area contributed by atoms with Crippen molar-refractivity contribution in [2.45, 2.75) is 77.2 Å². The van der Waals surface area contributed by atoms with Crippen LogP contribution in [0.5, 0.6) is 51.7 Å². The van der Waals surface area contributed by atoms with Crippen LogP contribution in [0.3, 0.4) is 0 Å². The fourth-order valence-electron chi connectivity index (χ4n) is 10.7. The van der Waals surface area contributed by atoms with E-state index in [1.54, 1.807) is 26.4 Å². The van der Waals surface area contributed by atoms with Gasteiger partial charge in [-0.05, 0) is 154 Å². The molecule has 0 bridgehead atoms. The number of phenols is 1. The molecule has 78 heavy (non-hydrogen) atoms. The molecule has 14 heteroatoms. The molecule has 5 aliphatic rings. The smallest absolute Gasteiger partial charge is 0.494 e. The van der Waals surface area contributed by atoms with E-state index in [4.69, 9.17) is 47.2 Å². The highest BCUT2D eigenvalue weighted by molar-refractivity contribution is 6.62. The highest BCUT2D eigenvalue weighted by Gasteiger charge is 2.57. The maximum absolute atomic E-state index is 13.6. The number of benzene rings is 8. The van der Waals surface area contributed by atoms with E-state index in [0.717, 1.165) is 61.5 Å². The molecule has 2 spiro atoms. The molecule has 8 aromatic rings. The lowest BCUT2D eigenvalue weighted by molar-refractivity contribution is 0.00578. The zero-order valence-corrected chi connectivity index (χ0v) is 44.3. The van der Waals surface area contributed by atoms with Crippen molar-refractivity contribution < 1.29 is 61.9 Å². The third-order valence-corrected chi connectivity index (χ3v) is 15.5. The van der Waals surface area contributed by atoms with E-state index in [9.17, 15) is 14.7 Å². The summed E-state index contributed by atoms with van der Waals surface area (Å²) in [5, 5.41) is 9.99. The maximum atomic E-state index is 13.6. The van der Waals surface area contributed by atoms with Crippen molar-refractivity contribution in [2.75, 3.05) is 14.2 Å². The van der Waals surface area contributed by atoms with Gasteiger partial charge in [0.25, 0.3) is 0 Å². The van der Waals surface area contributed by atoms with Gasteiger partial charge in [-0.15, -0.1) is 0 Å². The van der Waals surface area contributed by atoms with Gasteiger partial charge >= 0.3 is 19.1 Å². The quantitative estimate of drug-likeness (QED) is 0.108. The first-order chi connectivity index (χ1) is 37.5. The molecule has 392 valence electrons. The first kappa shape index (κ1) is 50.1. The van der Waals surface area contributed by atoms with Gasteiger partial charge in [-0.25, -0.2) is 9.59 Å². The van der Waals surface area contributed by atoms with Crippen LogP contribution in [0, 0.1) is 13.8 Å². The van der Waals surface area contributed by atoms with Gasteiger partial charge in [0, 0.05) is 45.5 Å². The highest BCUT2D eigenvalue weighted by atomic mass is 16.7. The fourth-order valence-corrected chi connectivity index (χ4v) is 10.7. The zero-order chi connectivity index (χ0) is 54.3. The standard InChI is InChI=1S/C35H33BO7.C29H22O6/c1-21-7-14-28-30(17-21)40-31-19-25(39-20-22-8-11-24(38-6)12-9-22)13-16-29(31)35(28)27-15-10-23(18-26(27)32(37)41-35)36-42-33(2,3)34(4,5)43-36;1-17-3-10-24-26(13-17)34-27-15-21(33-16-18-4-7-20(32-2)8-5-18)9-12-25(27)29(24)23-11-6-19(30)14-22(23)28(31)35-29/h7-19H,20H2,1-6H3;3-15,30H,16H2,1-2H3. The molecule has 0 saturated carbocycles. The predicted octanol–water partition coefficient (Wildman–Crippen LogP) is 12.3. The summed E-state index contributed by atoms with van der Waals surface area (Å²) in [6.07, 6.45) is 0. The maximum Gasteiger partial charge on any atom is 0.494 e. The number of ether oxygens (including phenoxy) is 8. The van der Waals surface area contributed by atoms with Crippen LogP contribution < -0.4 is 33.9 Å². The number of phenolic OH excluding ortho intramolecular Hbond substituents is 1. The van der Waals surface area contributed by atoms with Gasteiger partial charge in [-0.1, -0.05) is 60.7 Å². The summed E-state index contributed by atoms with van der Waals surface area (Å²) in [4.78, 5) is 26.6. The van der Waals surface area contributed by atoms with Gasteiger partial charge in [0.05, 0.1) is 36.5 Å². The van der Waals surface area contributed by atoms with E-state index >= 15 is 0 Å². The van der Waals surface area contributed by atoms with Gasteiger partial charge < -0.3 is 52.3 Å². The van der Waals surface area contributed by atoms with Crippen molar-refractivity contribution in [1.29, 1.82) is 0 Å². The van der Waals surface area contributed by atoms with Crippen LogP contribution in [0.1, 0.15) is 104 Å². The molecule has 13 rings (SSSR count). The van der Waals surface area contributed by atoms with Crippen molar-refractivity contribution in [3.05, 3.63) is 224 Å². The van der Waals surface area contributed by atoms with Crippen LogP contribution >= 0.6 is 0 Å². The number of methoxy groups -OCH3 is 2. The van der Waals surface area contributed by atoms with E-state index in [1.807, 2.05) is 181 Å². The van der Waals surface area contributed by atoms with E-state index in [2.05, 4.69) is 0 Å². The molecule has 0 amide bonds. The summed E-state index contributed by atoms with van der Waals surface area (Å²) in [5.41, 5.74) is 6.65. The van der Waals surface area contributed by atoms with Gasteiger partial charge in [0.2, 0.25) is 0 Å². The molecule has 1 fully saturated rings. The molecule has 2 unspecified atom stereocenters. The van der Waals surface area contributed by atoms with Crippen LogP contribution in [0.2, 0.25) is 0 Å². The fraction of sp³-hybridized carbons (Fsp3) is 0.219. The molecule has 13 nitrogen and oxygen atoms in total. The van der Waals surface area contributed by atoms with Crippen LogP contribution in [-0.4, -0.2) is 49.6 Å². The third kappa shape index (κ3) is 8.34. The van der Waals surface area contributed by atoms with Gasteiger partial charge in [-0.3, -0.25) is 0 Å². The second-order valence-electron chi connectivity index (χ2n) is 21.1. The van der Waals surface area contributed by atoms with E-state index in [1.165, 1.54) is 6.07 Å². The Morgan fingerprint density at radius 2 is 0.833 bits per heavy atom. The number of esters is 2. The van der Waals surface area contributed by atoms with Crippen LogP contribution in [0.15, 0.2) is 158 Å². The Bertz CT molecular complexity index is 3700. The lowest BCUT2D eigenvalue weighted by atomic mass is 9.73. The summed E-state index contributed by atoms with van der Waals surface area (Å²) >= 11 is 0. The van der Waals surface area contributed by atoms with E-state index in [-0.39, 0.29) is 5.75 Å². The Morgan fingerprint density at radius 1 is 0.449 bits per heavy atom. The van der Waals surface area contributed by atoms with Gasteiger partial charge in [-0.2, -0.15) is 0 Å². The third-order valence-electron chi connectivity index (χ3n) is 15.5. The zero-order valence-electron chi connectivity index (χ0n) is 44.3. The minimum absolute atomic E-state index is 0.0106. The molecular formula is C64H55BO13. The molecule has 5 heterocycles.